The predicted octanol–water partition coefficient (Wildman–Crippen LogP) is 5.84. The fourth-order valence-electron chi connectivity index (χ4n) is 2.98. The van der Waals surface area contributed by atoms with E-state index in [1.54, 1.807) is 24.3 Å². The number of rotatable bonds is 7. The summed E-state index contributed by atoms with van der Waals surface area (Å²) in [5, 5.41) is 11.6. The zero-order valence-electron chi connectivity index (χ0n) is 17.5. The third-order valence-corrected chi connectivity index (χ3v) is 4.58. The van der Waals surface area contributed by atoms with Gasteiger partial charge in [0, 0.05) is 0 Å². The number of benzene rings is 3. The molecule has 3 aromatic rings. The maximum absolute atomic E-state index is 13.2. The molecule has 0 fully saturated rings. The first kappa shape index (κ1) is 23.4. The van der Waals surface area contributed by atoms with Crippen LogP contribution >= 0.6 is 0 Å². The largest absolute Gasteiger partial charge is 0.493 e. The molecule has 0 saturated carbocycles. The zero-order valence-corrected chi connectivity index (χ0v) is 17.5. The van der Waals surface area contributed by atoms with Gasteiger partial charge in [-0.3, -0.25) is 4.79 Å². The summed E-state index contributed by atoms with van der Waals surface area (Å²) in [6.07, 6.45) is -3.39. The van der Waals surface area contributed by atoms with E-state index in [0.717, 1.165) is 17.7 Å². The molecule has 0 aromatic heterocycles. The van der Waals surface area contributed by atoms with E-state index >= 15 is 0 Å². The molecular weight excluding hydrogens is 433 g/mol. The molecule has 5 nitrogen and oxygen atoms in total. The van der Waals surface area contributed by atoms with Crippen LogP contribution in [0.4, 0.5) is 18.9 Å². The van der Waals surface area contributed by atoms with Crippen LogP contribution in [0.15, 0.2) is 78.4 Å². The lowest BCUT2D eigenvalue weighted by Gasteiger charge is -2.13. The van der Waals surface area contributed by atoms with Crippen molar-refractivity contribution in [3.05, 3.63) is 95.1 Å². The van der Waals surface area contributed by atoms with E-state index in [2.05, 4.69) is 5.32 Å². The van der Waals surface area contributed by atoms with Crippen molar-refractivity contribution in [2.45, 2.75) is 12.8 Å². The second kappa shape index (κ2) is 10.4. The van der Waals surface area contributed by atoms with Gasteiger partial charge in [-0.15, -0.1) is 0 Å². The molecule has 3 aromatic carbocycles. The van der Waals surface area contributed by atoms with E-state index in [0.29, 0.717) is 17.1 Å². The van der Waals surface area contributed by atoms with Crippen LogP contribution in [0.5, 0.6) is 11.5 Å². The van der Waals surface area contributed by atoms with Crippen molar-refractivity contribution in [3.63, 3.8) is 0 Å². The summed E-state index contributed by atoms with van der Waals surface area (Å²) in [6, 6.07) is 20.5. The number of nitrogens with one attached hydrogen (secondary N) is 1. The van der Waals surface area contributed by atoms with Gasteiger partial charge in [-0.05, 0) is 41.5 Å². The first-order valence-electron chi connectivity index (χ1n) is 9.76. The second-order valence-electron chi connectivity index (χ2n) is 6.85. The van der Waals surface area contributed by atoms with E-state index in [1.807, 2.05) is 30.3 Å². The lowest BCUT2D eigenvalue weighted by atomic mass is 10.1. The van der Waals surface area contributed by atoms with Gasteiger partial charge >= 0.3 is 6.18 Å². The average molecular weight is 452 g/mol. The topological polar surface area (TPSA) is 71.3 Å². The SMILES string of the molecule is COc1ccc(/C=C(\C#N)C(=O)Nc2ccccc2C(F)(F)F)cc1OCc1ccccc1. The van der Waals surface area contributed by atoms with Crippen LogP contribution < -0.4 is 14.8 Å². The van der Waals surface area contributed by atoms with Gasteiger partial charge in [0.2, 0.25) is 0 Å². The van der Waals surface area contributed by atoms with Gasteiger partial charge in [0.1, 0.15) is 18.2 Å². The standard InChI is InChI=1S/C25H19F3N2O3/c1-32-22-12-11-18(14-23(22)33-16-17-7-3-2-4-8-17)13-19(15-29)24(31)30-21-10-6-5-9-20(21)25(26,27)28/h2-14H,16H2,1H3,(H,30,31)/b19-13+. The number of alkyl halides is 3. The Morgan fingerprint density at radius 3 is 2.39 bits per heavy atom. The molecule has 0 heterocycles. The summed E-state index contributed by atoms with van der Waals surface area (Å²) < 4.78 is 50.7. The molecule has 0 atom stereocenters. The highest BCUT2D eigenvalue weighted by Gasteiger charge is 2.33. The molecule has 8 heteroatoms. The first-order valence-corrected chi connectivity index (χ1v) is 9.76. The Morgan fingerprint density at radius 1 is 1.03 bits per heavy atom. The monoisotopic (exact) mass is 452 g/mol. The van der Waals surface area contributed by atoms with E-state index < -0.39 is 23.3 Å². The molecule has 0 aliphatic rings. The molecule has 0 aliphatic carbocycles. The van der Waals surface area contributed by atoms with Crippen molar-refractivity contribution in [1.82, 2.24) is 0 Å². The summed E-state index contributed by atoms with van der Waals surface area (Å²) in [4.78, 5) is 12.5. The quantitative estimate of drug-likeness (QED) is 0.361. The van der Waals surface area contributed by atoms with Crippen LogP contribution in [-0.4, -0.2) is 13.0 Å². The number of para-hydroxylation sites is 1. The van der Waals surface area contributed by atoms with Crippen LogP contribution in [0, 0.1) is 11.3 Å². The Kier molecular flexibility index (Phi) is 7.36. The van der Waals surface area contributed by atoms with E-state index in [-0.39, 0.29) is 12.2 Å². The van der Waals surface area contributed by atoms with Crippen molar-refractivity contribution in [3.8, 4) is 17.6 Å². The number of hydrogen-bond donors (Lipinski definition) is 1. The van der Waals surface area contributed by atoms with Gasteiger partial charge in [-0.2, -0.15) is 18.4 Å². The lowest BCUT2D eigenvalue weighted by Crippen LogP contribution is -2.17. The van der Waals surface area contributed by atoms with E-state index in [9.17, 15) is 23.2 Å². The smallest absolute Gasteiger partial charge is 0.418 e. The molecule has 3 rings (SSSR count). The fraction of sp³-hybridized carbons (Fsp3) is 0.120. The summed E-state index contributed by atoms with van der Waals surface area (Å²) in [5.74, 6) is -0.128. The summed E-state index contributed by atoms with van der Waals surface area (Å²) >= 11 is 0. The van der Waals surface area contributed by atoms with Gasteiger partial charge in [0.05, 0.1) is 18.4 Å². The molecule has 0 aliphatic heterocycles. The highest BCUT2D eigenvalue weighted by Crippen LogP contribution is 2.35. The van der Waals surface area contributed by atoms with Crippen molar-refractivity contribution in [2.24, 2.45) is 0 Å². The Labute approximate surface area is 188 Å². The highest BCUT2D eigenvalue weighted by molar-refractivity contribution is 6.10. The van der Waals surface area contributed by atoms with Crippen LogP contribution in [0.25, 0.3) is 6.08 Å². The third kappa shape index (κ3) is 6.14. The minimum atomic E-state index is -4.65. The normalized spacial score (nSPS) is 11.4. The van der Waals surface area contributed by atoms with E-state index in [4.69, 9.17) is 9.47 Å². The van der Waals surface area contributed by atoms with Crippen LogP contribution in [0.2, 0.25) is 0 Å². The van der Waals surface area contributed by atoms with Crippen molar-refractivity contribution < 1.29 is 27.4 Å². The van der Waals surface area contributed by atoms with Crippen LogP contribution in [-0.2, 0) is 17.6 Å². The molecule has 0 saturated heterocycles. The number of halogens is 3. The summed E-state index contributed by atoms with van der Waals surface area (Å²) in [5.41, 5.74) is -0.434. The number of anilines is 1. The molecule has 0 radical (unpaired) electrons. The van der Waals surface area contributed by atoms with Crippen molar-refractivity contribution in [2.75, 3.05) is 12.4 Å². The number of carbonyl (C=O) groups is 1. The molecule has 1 amide bonds. The van der Waals surface area contributed by atoms with Gasteiger partial charge in [0.15, 0.2) is 11.5 Å². The molecule has 33 heavy (non-hydrogen) atoms. The fourth-order valence-corrected chi connectivity index (χ4v) is 2.98. The van der Waals surface area contributed by atoms with Crippen molar-refractivity contribution >= 4 is 17.7 Å². The third-order valence-electron chi connectivity index (χ3n) is 4.58. The molecule has 1 N–H and O–H groups in total. The number of ether oxygens (including phenoxy) is 2. The number of nitriles is 1. The Bertz CT molecular complexity index is 1200. The summed E-state index contributed by atoms with van der Waals surface area (Å²) in [6.45, 7) is 0.268. The Balaban J connectivity index is 1.83. The van der Waals surface area contributed by atoms with Gasteiger partial charge in [0.25, 0.3) is 5.91 Å². The highest BCUT2D eigenvalue weighted by atomic mass is 19.4. The number of carbonyl (C=O) groups excluding carboxylic acids is 1. The van der Waals surface area contributed by atoms with Gasteiger partial charge in [-0.1, -0.05) is 48.5 Å². The number of amides is 1. The van der Waals surface area contributed by atoms with E-state index in [1.165, 1.54) is 25.3 Å². The molecular formula is C25H19F3N2O3. The van der Waals surface area contributed by atoms with Crippen LogP contribution in [0.3, 0.4) is 0 Å². The molecule has 0 bridgehead atoms. The minimum absolute atomic E-state index is 0.268. The minimum Gasteiger partial charge on any atom is -0.493 e. The molecule has 0 unspecified atom stereocenters. The number of nitrogens with zero attached hydrogens (tertiary/aromatic N) is 1. The lowest BCUT2D eigenvalue weighted by molar-refractivity contribution is -0.137. The number of methoxy groups -OCH3 is 1. The Hall–Kier alpha value is -4.25. The molecule has 168 valence electrons. The van der Waals surface area contributed by atoms with Gasteiger partial charge in [-0.25, -0.2) is 0 Å². The average Bonchev–Trinajstić information content (AvgIpc) is 2.81. The summed E-state index contributed by atoms with van der Waals surface area (Å²) in [7, 11) is 1.48. The van der Waals surface area contributed by atoms with Crippen molar-refractivity contribution in [1.29, 1.82) is 5.26 Å². The maximum Gasteiger partial charge on any atom is 0.418 e. The number of hydrogen-bond acceptors (Lipinski definition) is 4. The second-order valence-corrected chi connectivity index (χ2v) is 6.85. The zero-order chi connectivity index (χ0) is 23.8. The first-order chi connectivity index (χ1) is 15.8. The van der Waals surface area contributed by atoms with Gasteiger partial charge < -0.3 is 14.8 Å². The van der Waals surface area contributed by atoms with Crippen LogP contribution in [0.1, 0.15) is 16.7 Å². The molecule has 0 spiro atoms. The maximum atomic E-state index is 13.2. The predicted molar refractivity (Wildman–Crippen MR) is 117 cm³/mol. The Morgan fingerprint density at radius 2 is 1.73 bits per heavy atom.